The zero-order valence-electron chi connectivity index (χ0n) is 10.9. The van der Waals surface area contributed by atoms with Crippen molar-refractivity contribution in [2.75, 3.05) is 24.5 Å². The van der Waals surface area contributed by atoms with Crippen LogP contribution in [0, 0.1) is 5.92 Å². The third-order valence-electron chi connectivity index (χ3n) is 3.64. The Labute approximate surface area is 123 Å². The summed E-state index contributed by atoms with van der Waals surface area (Å²) < 4.78 is 0.975. The fraction of sp³-hybridized carbons (Fsp3) is 0.571. The van der Waals surface area contributed by atoms with Crippen LogP contribution in [0.4, 0.5) is 5.69 Å². The highest BCUT2D eigenvalue weighted by Crippen LogP contribution is 2.30. The van der Waals surface area contributed by atoms with Gasteiger partial charge in [-0.1, -0.05) is 25.4 Å². The van der Waals surface area contributed by atoms with E-state index in [0.29, 0.717) is 12.0 Å². The van der Waals surface area contributed by atoms with Crippen LogP contribution in [-0.4, -0.2) is 25.7 Å². The molecule has 1 aliphatic heterocycles. The molecule has 100 valence electrons. The first-order chi connectivity index (χ1) is 8.61. The van der Waals surface area contributed by atoms with E-state index in [4.69, 9.17) is 11.6 Å². The van der Waals surface area contributed by atoms with E-state index in [-0.39, 0.29) is 0 Å². The molecular formula is C14H20BrClN2. The summed E-state index contributed by atoms with van der Waals surface area (Å²) in [6, 6.07) is 6.83. The lowest BCUT2D eigenvalue weighted by Crippen LogP contribution is -2.48. The molecule has 1 saturated heterocycles. The SMILES string of the molecule is CCNC1CCN(c2ccc(Cl)c(Br)c2)CC1C. The number of halogens is 2. The zero-order chi connectivity index (χ0) is 13.1. The fourth-order valence-corrected chi connectivity index (χ4v) is 3.11. The van der Waals surface area contributed by atoms with Crippen molar-refractivity contribution in [1.29, 1.82) is 0 Å². The predicted molar refractivity (Wildman–Crippen MR) is 82.6 cm³/mol. The van der Waals surface area contributed by atoms with Crippen LogP contribution in [0.1, 0.15) is 20.3 Å². The highest BCUT2D eigenvalue weighted by molar-refractivity contribution is 9.10. The molecule has 1 aromatic carbocycles. The van der Waals surface area contributed by atoms with Crippen LogP contribution in [0.3, 0.4) is 0 Å². The molecule has 0 aliphatic carbocycles. The van der Waals surface area contributed by atoms with E-state index in [9.17, 15) is 0 Å². The summed E-state index contributed by atoms with van der Waals surface area (Å²) in [5.41, 5.74) is 1.26. The van der Waals surface area contributed by atoms with Gasteiger partial charge in [-0.15, -0.1) is 0 Å². The number of hydrogen-bond donors (Lipinski definition) is 1. The third kappa shape index (κ3) is 3.19. The summed E-state index contributed by atoms with van der Waals surface area (Å²) in [6.07, 6.45) is 1.20. The number of rotatable bonds is 3. The molecule has 1 fully saturated rings. The second-order valence-corrected chi connectivity index (χ2v) is 6.24. The highest BCUT2D eigenvalue weighted by Gasteiger charge is 2.25. The molecule has 1 aliphatic rings. The first-order valence-corrected chi connectivity index (χ1v) is 7.72. The minimum atomic E-state index is 0.655. The van der Waals surface area contributed by atoms with Crippen LogP contribution in [0.15, 0.2) is 22.7 Å². The minimum Gasteiger partial charge on any atom is -0.371 e. The quantitative estimate of drug-likeness (QED) is 0.903. The number of nitrogens with one attached hydrogen (secondary N) is 1. The number of benzene rings is 1. The summed E-state index contributed by atoms with van der Waals surface area (Å²) in [6.45, 7) is 7.77. The maximum absolute atomic E-state index is 6.04. The fourth-order valence-electron chi connectivity index (χ4n) is 2.63. The number of nitrogens with zero attached hydrogens (tertiary/aromatic N) is 1. The number of hydrogen-bond acceptors (Lipinski definition) is 2. The Morgan fingerprint density at radius 1 is 1.50 bits per heavy atom. The van der Waals surface area contributed by atoms with E-state index >= 15 is 0 Å². The molecule has 2 nitrogen and oxygen atoms in total. The summed E-state index contributed by atoms with van der Waals surface area (Å²) in [5, 5.41) is 4.34. The maximum Gasteiger partial charge on any atom is 0.0549 e. The highest BCUT2D eigenvalue weighted by atomic mass is 79.9. The Kier molecular flexibility index (Phi) is 4.93. The summed E-state index contributed by atoms with van der Waals surface area (Å²) in [7, 11) is 0. The van der Waals surface area contributed by atoms with Crippen molar-refractivity contribution in [1.82, 2.24) is 5.32 Å². The Morgan fingerprint density at radius 2 is 2.28 bits per heavy atom. The molecule has 0 spiro atoms. The van der Waals surface area contributed by atoms with Crippen molar-refractivity contribution in [3.63, 3.8) is 0 Å². The van der Waals surface area contributed by atoms with Crippen LogP contribution in [0.2, 0.25) is 5.02 Å². The number of anilines is 1. The van der Waals surface area contributed by atoms with E-state index in [1.165, 1.54) is 12.1 Å². The van der Waals surface area contributed by atoms with Crippen LogP contribution < -0.4 is 10.2 Å². The van der Waals surface area contributed by atoms with Gasteiger partial charge in [0.1, 0.15) is 0 Å². The molecule has 2 rings (SSSR count). The van der Waals surface area contributed by atoms with Crippen LogP contribution in [0.25, 0.3) is 0 Å². The Hall–Kier alpha value is -0.250. The van der Waals surface area contributed by atoms with E-state index in [2.05, 4.69) is 52.1 Å². The molecule has 0 bridgehead atoms. The minimum absolute atomic E-state index is 0.655. The molecule has 18 heavy (non-hydrogen) atoms. The van der Waals surface area contributed by atoms with E-state index < -0.39 is 0 Å². The Balaban J connectivity index is 2.05. The third-order valence-corrected chi connectivity index (χ3v) is 4.85. The van der Waals surface area contributed by atoms with Gasteiger partial charge in [-0.05, 0) is 53.0 Å². The molecule has 1 aromatic rings. The van der Waals surface area contributed by atoms with E-state index in [1.54, 1.807) is 0 Å². The van der Waals surface area contributed by atoms with Crippen LogP contribution >= 0.6 is 27.5 Å². The second-order valence-electron chi connectivity index (χ2n) is 4.97. The largest absolute Gasteiger partial charge is 0.371 e. The molecule has 0 aromatic heterocycles. The standard InChI is InChI=1S/C14H20BrClN2/c1-3-17-14-6-7-18(9-10(14)2)11-4-5-13(16)12(15)8-11/h4-5,8,10,14,17H,3,6-7,9H2,1-2H3. The molecular weight excluding hydrogens is 312 g/mol. The van der Waals surface area contributed by atoms with Gasteiger partial charge in [-0.3, -0.25) is 0 Å². The normalized spacial score (nSPS) is 24.3. The van der Waals surface area contributed by atoms with Gasteiger partial charge in [-0.25, -0.2) is 0 Å². The molecule has 1 heterocycles. The molecule has 0 amide bonds. The zero-order valence-corrected chi connectivity index (χ0v) is 13.3. The summed E-state index contributed by atoms with van der Waals surface area (Å²) >= 11 is 9.53. The van der Waals surface area contributed by atoms with Crippen molar-refractivity contribution in [3.05, 3.63) is 27.7 Å². The van der Waals surface area contributed by atoms with Gasteiger partial charge < -0.3 is 10.2 Å². The predicted octanol–water partition coefficient (Wildman–Crippen LogP) is 3.93. The van der Waals surface area contributed by atoms with Gasteiger partial charge in [-0.2, -0.15) is 0 Å². The van der Waals surface area contributed by atoms with Crippen LogP contribution in [0.5, 0.6) is 0 Å². The van der Waals surface area contributed by atoms with E-state index in [0.717, 1.165) is 29.1 Å². The van der Waals surface area contributed by atoms with Gasteiger partial charge in [0.25, 0.3) is 0 Å². The number of piperidine rings is 1. The molecule has 0 radical (unpaired) electrons. The van der Waals surface area contributed by atoms with Gasteiger partial charge >= 0.3 is 0 Å². The van der Waals surface area contributed by atoms with Crippen LogP contribution in [-0.2, 0) is 0 Å². The average molecular weight is 332 g/mol. The second kappa shape index (κ2) is 6.27. The monoisotopic (exact) mass is 330 g/mol. The molecule has 2 unspecified atom stereocenters. The molecule has 4 heteroatoms. The molecule has 1 N–H and O–H groups in total. The van der Waals surface area contributed by atoms with Crippen molar-refractivity contribution >= 4 is 33.2 Å². The van der Waals surface area contributed by atoms with Gasteiger partial charge in [0, 0.05) is 29.3 Å². The first kappa shape index (κ1) is 14.2. The smallest absolute Gasteiger partial charge is 0.0549 e. The Bertz CT molecular complexity index is 411. The average Bonchev–Trinajstić information content (AvgIpc) is 2.35. The van der Waals surface area contributed by atoms with Gasteiger partial charge in [0.05, 0.1) is 5.02 Å². The molecule has 2 atom stereocenters. The Morgan fingerprint density at radius 3 is 2.89 bits per heavy atom. The van der Waals surface area contributed by atoms with E-state index in [1.807, 2.05) is 6.07 Å². The molecule has 0 saturated carbocycles. The van der Waals surface area contributed by atoms with Crippen molar-refractivity contribution in [3.8, 4) is 0 Å². The summed E-state index contributed by atoms with van der Waals surface area (Å²) in [4.78, 5) is 2.44. The maximum atomic E-state index is 6.04. The summed E-state index contributed by atoms with van der Waals surface area (Å²) in [5.74, 6) is 0.674. The lowest BCUT2D eigenvalue weighted by molar-refractivity contribution is 0.327. The topological polar surface area (TPSA) is 15.3 Å². The van der Waals surface area contributed by atoms with Gasteiger partial charge in [0.2, 0.25) is 0 Å². The lowest BCUT2D eigenvalue weighted by atomic mass is 9.93. The van der Waals surface area contributed by atoms with Gasteiger partial charge in [0.15, 0.2) is 0 Å². The first-order valence-electron chi connectivity index (χ1n) is 6.55. The van der Waals surface area contributed by atoms with Crippen molar-refractivity contribution in [2.45, 2.75) is 26.3 Å². The lowest BCUT2D eigenvalue weighted by Gasteiger charge is -2.38. The van der Waals surface area contributed by atoms with Crippen molar-refractivity contribution < 1.29 is 0 Å². The van der Waals surface area contributed by atoms with Crippen molar-refractivity contribution in [2.24, 2.45) is 5.92 Å².